The highest BCUT2D eigenvalue weighted by Crippen LogP contribution is 2.22. The van der Waals surface area contributed by atoms with Gasteiger partial charge in [0.25, 0.3) is 5.69 Å². The molecule has 1 rings (SSSR count). The predicted molar refractivity (Wildman–Crippen MR) is 78.2 cm³/mol. The highest BCUT2D eigenvalue weighted by Gasteiger charge is 2.15. The van der Waals surface area contributed by atoms with Crippen molar-refractivity contribution in [2.75, 3.05) is 13.1 Å². The van der Waals surface area contributed by atoms with E-state index in [9.17, 15) is 10.1 Å². The van der Waals surface area contributed by atoms with Gasteiger partial charge in [0.2, 0.25) is 0 Å². The fourth-order valence-corrected chi connectivity index (χ4v) is 2.24. The van der Waals surface area contributed by atoms with Gasteiger partial charge in [-0.3, -0.25) is 15.0 Å². The van der Waals surface area contributed by atoms with Gasteiger partial charge < -0.3 is 0 Å². The van der Waals surface area contributed by atoms with Crippen LogP contribution in [0, 0.1) is 34.3 Å². The summed E-state index contributed by atoms with van der Waals surface area (Å²) in [4.78, 5) is 12.8. The molecule has 0 atom stereocenters. The Morgan fingerprint density at radius 3 is 2.70 bits per heavy atom. The molecule has 0 heterocycles. The van der Waals surface area contributed by atoms with Crippen LogP contribution in [0.4, 0.5) is 5.69 Å². The van der Waals surface area contributed by atoms with Gasteiger partial charge in [0, 0.05) is 37.7 Å². The van der Waals surface area contributed by atoms with E-state index in [1.165, 1.54) is 6.07 Å². The molecular weight excluding hydrogens is 254 g/mol. The van der Waals surface area contributed by atoms with E-state index in [4.69, 9.17) is 5.26 Å². The molecule has 0 aliphatic carbocycles. The molecule has 0 fully saturated rings. The molecule has 0 N–H and O–H groups in total. The number of benzene rings is 1. The summed E-state index contributed by atoms with van der Waals surface area (Å²) in [5, 5.41) is 19.7. The molecule has 0 amide bonds. The molecule has 20 heavy (non-hydrogen) atoms. The number of nitro groups is 1. The van der Waals surface area contributed by atoms with Crippen LogP contribution in [0.1, 0.15) is 31.4 Å². The van der Waals surface area contributed by atoms with Crippen molar-refractivity contribution in [3.63, 3.8) is 0 Å². The molecule has 5 heteroatoms. The fraction of sp³-hybridized carbons (Fsp3) is 0.533. The van der Waals surface area contributed by atoms with E-state index in [-0.39, 0.29) is 10.6 Å². The van der Waals surface area contributed by atoms with Crippen LogP contribution in [-0.2, 0) is 6.54 Å². The quantitative estimate of drug-likeness (QED) is 0.565. The zero-order chi connectivity index (χ0) is 15.1. The number of nitro benzene ring substituents is 1. The molecule has 0 unspecified atom stereocenters. The maximum atomic E-state index is 11.0. The Bertz CT molecular complexity index is 506. The lowest BCUT2D eigenvalue weighted by Crippen LogP contribution is -2.28. The highest BCUT2D eigenvalue weighted by molar-refractivity contribution is 5.44. The number of nitrogens with zero attached hydrogens (tertiary/aromatic N) is 3. The minimum absolute atomic E-state index is 0.160. The van der Waals surface area contributed by atoms with Gasteiger partial charge in [-0.1, -0.05) is 26.0 Å². The SMILES string of the molecule is Cc1c(CN(CCC#N)CC(C)C)cccc1[N+](=O)[O-]. The summed E-state index contributed by atoms with van der Waals surface area (Å²) in [6, 6.07) is 7.32. The van der Waals surface area contributed by atoms with Gasteiger partial charge in [-0.15, -0.1) is 0 Å². The van der Waals surface area contributed by atoms with Crippen LogP contribution in [0.3, 0.4) is 0 Å². The van der Waals surface area contributed by atoms with Crippen molar-refractivity contribution in [2.24, 2.45) is 5.92 Å². The van der Waals surface area contributed by atoms with E-state index in [1.807, 2.05) is 6.07 Å². The molecule has 1 aromatic rings. The first-order valence-electron chi connectivity index (χ1n) is 6.78. The Morgan fingerprint density at radius 1 is 1.45 bits per heavy atom. The van der Waals surface area contributed by atoms with Gasteiger partial charge >= 0.3 is 0 Å². The normalized spacial score (nSPS) is 10.8. The standard InChI is InChI=1S/C15H21N3O2/c1-12(2)10-17(9-5-8-16)11-14-6-4-7-15(13(14)3)18(19)20/h4,6-7,12H,5,9-11H2,1-3H3. The molecule has 0 saturated carbocycles. The van der Waals surface area contributed by atoms with Crippen LogP contribution < -0.4 is 0 Å². The maximum absolute atomic E-state index is 11.0. The van der Waals surface area contributed by atoms with Crippen molar-refractivity contribution in [3.05, 3.63) is 39.4 Å². The van der Waals surface area contributed by atoms with E-state index in [0.717, 1.165) is 12.1 Å². The van der Waals surface area contributed by atoms with Crippen molar-refractivity contribution in [2.45, 2.75) is 33.7 Å². The molecule has 0 aliphatic rings. The Kier molecular flexibility index (Phi) is 6.13. The van der Waals surface area contributed by atoms with Crippen LogP contribution in [0.5, 0.6) is 0 Å². The second-order valence-corrected chi connectivity index (χ2v) is 5.36. The van der Waals surface area contributed by atoms with Crippen LogP contribution in [-0.4, -0.2) is 22.9 Å². The first-order valence-corrected chi connectivity index (χ1v) is 6.78. The molecule has 5 nitrogen and oxygen atoms in total. The summed E-state index contributed by atoms with van der Waals surface area (Å²) >= 11 is 0. The van der Waals surface area contributed by atoms with Gasteiger partial charge in [0.1, 0.15) is 0 Å². The van der Waals surface area contributed by atoms with Crippen LogP contribution in [0.2, 0.25) is 0 Å². The molecule has 0 aliphatic heterocycles. The molecule has 0 aromatic heterocycles. The Balaban J connectivity index is 2.90. The third-order valence-corrected chi connectivity index (χ3v) is 3.17. The molecule has 0 bridgehead atoms. The molecule has 108 valence electrons. The second-order valence-electron chi connectivity index (χ2n) is 5.36. The van der Waals surface area contributed by atoms with E-state index >= 15 is 0 Å². The number of hydrogen-bond donors (Lipinski definition) is 0. The fourth-order valence-electron chi connectivity index (χ4n) is 2.24. The van der Waals surface area contributed by atoms with Crippen molar-refractivity contribution < 1.29 is 4.92 Å². The average molecular weight is 275 g/mol. The summed E-state index contributed by atoms with van der Waals surface area (Å²) in [7, 11) is 0. The predicted octanol–water partition coefficient (Wildman–Crippen LogP) is 3.27. The summed E-state index contributed by atoms with van der Waals surface area (Å²) in [6.07, 6.45) is 0.473. The Labute approximate surface area is 120 Å². The molecule has 1 aromatic carbocycles. The van der Waals surface area contributed by atoms with Gasteiger partial charge in [0.15, 0.2) is 0 Å². The number of nitriles is 1. The van der Waals surface area contributed by atoms with Gasteiger partial charge in [-0.05, 0) is 18.4 Å². The first-order chi connectivity index (χ1) is 9.45. The van der Waals surface area contributed by atoms with Crippen LogP contribution in [0.25, 0.3) is 0 Å². The highest BCUT2D eigenvalue weighted by atomic mass is 16.6. The number of hydrogen-bond acceptors (Lipinski definition) is 4. The third-order valence-electron chi connectivity index (χ3n) is 3.17. The first kappa shape index (κ1) is 16.1. The van der Waals surface area contributed by atoms with Gasteiger partial charge in [-0.2, -0.15) is 5.26 Å². The van der Waals surface area contributed by atoms with E-state index in [2.05, 4.69) is 24.8 Å². The van der Waals surface area contributed by atoms with Crippen LogP contribution in [0.15, 0.2) is 18.2 Å². The van der Waals surface area contributed by atoms with E-state index in [1.54, 1.807) is 13.0 Å². The molecular formula is C15H21N3O2. The van der Waals surface area contributed by atoms with E-state index < -0.39 is 0 Å². The second kappa shape index (κ2) is 7.61. The van der Waals surface area contributed by atoms with Gasteiger partial charge in [-0.25, -0.2) is 0 Å². The monoisotopic (exact) mass is 275 g/mol. The zero-order valence-electron chi connectivity index (χ0n) is 12.3. The lowest BCUT2D eigenvalue weighted by atomic mass is 10.1. The summed E-state index contributed by atoms with van der Waals surface area (Å²) in [5.41, 5.74) is 1.83. The lowest BCUT2D eigenvalue weighted by Gasteiger charge is -2.24. The smallest absolute Gasteiger partial charge is 0.272 e. The minimum atomic E-state index is -0.346. The Morgan fingerprint density at radius 2 is 2.15 bits per heavy atom. The molecule has 0 saturated heterocycles. The topological polar surface area (TPSA) is 70.2 Å². The van der Waals surface area contributed by atoms with Crippen molar-refractivity contribution in [1.29, 1.82) is 5.26 Å². The summed E-state index contributed by atoms with van der Waals surface area (Å²) in [5.74, 6) is 0.493. The molecule has 0 radical (unpaired) electrons. The lowest BCUT2D eigenvalue weighted by molar-refractivity contribution is -0.385. The minimum Gasteiger partial charge on any atom is -0.298 e. The van der Waals surface area contributed by atoms with Crippen molar-refractivity contribution >= 4 is 5.69 Å². The average Bonchev–Trinajstić information content (AvgIpc) is 2.37. The summed E-state index contributed by atoms with van der Waals surface area (Å²) in [6.45, 7) is 8.25. The van der Waals surface area contributed by atoms with Crippen molar-refractivity contribution in [1.82, 2.24) is 4.90 Å². The third kappa shape index (κ3) is 4.63. The van der Waals surface area contributed by atoms with Crippen molar-refractivity contribution in [3.8, 4) is 6.07 Å². The largest absolute Gasteiger partial charge is 0.298 e. The summed E-state index contributed by atoms with van der Waals surface area (Å²) < 4.78 is 0. The zero-order valence-corrected chi connectivity index (χ0v) is 12.3. The van der Waals surface area contributed by atoms with Crippen LogP contribution >= 0.6 is 0 Å². The number of rotatable bonds is 7. The molecule has 0 spiro atoms. The maximum Gasteiger partial charge on any atom is 0.272 e. The van der Waals surface area contributed by atoms with Gasteiger partial charge in [0.05, 0.1) is 11.0 Å². The van der Waals surface area contributed by atoms with E-state index in [0.29, 0.717) is 31.0 Å². The Hall–Kier alpha value is -1.93.